The second kappa shape index (κ2) is 5.88. The van der Waals surface area contributed by atoms with Crippen molar-refractivity contribution in [2.75, 3.05) is 0 Å². The molecule has 1 unspecified atom stereocenters. The van der Waals surface area contributed by atoms with Gasteiger partial charge in [0.25, 0.3) is 0 Å². The SMILES string of the molecule is O=C(Cc1cccc2ccccc12)NC1CCn2nccc2C1. The summed E-state index contributed by atoms with van der Waals surface area (Å²) in [5.41, 5.74) is 2.29. The highest BCUT2D eigenvalue weighted by Crippen LogP contribution is 2.19. The Hall–Kier alpha value is -2.62. The predicted octanol–water partition coefficient (Wildman–Crippen LogP) is 2.71. The van der Waals surface area contributed by atoms with E-state index in [9.17, 15) is 4.79 Å². The first-order valence-electron chi connectivity index (χ1n) is 8.06. The van der Waals surface area contributed by atoms with Crippen molar-refractivity contribution in [3.8, 4) is 0 Å². The Labute approximate surface area is 135 Å². The van der Waals surface area contributed by atoms with E-state index < -0.39 is 0 Å². The predicted molar refractivity (Wildman–Crippen MR) is 90.1 cm³/mol. The van der Waals surface area contributed by atoms with Crippen LogP contribution in [-0.4, -0.2) is 21.7 Å². The lowest BCUT2D eigenvalue weighted by atomic mass is 10.0. The van der Waals surface area contributed by atoms with Crippen LogP contribution in [0.5, 0.6) is 0 Å². The van der Waals surface area contributed by atoms with Crippen LogP contribution in [0.1, 0.15) is 17.7 Å². The zero-order chi connectivity index (χ0) is 15.6. The highest BCUT2D eigenvalue weighted by Gasteiger charge is 2.20. The van der Waals surface area contributed by atoms with Crippen LogP contribution in [0.15, 0.2) is 54.7 Å². The molecule has 1 aromatic heterocycles. The van der Waals surface area contributed by atoms with E-state index in [2.05, 4.69) is 28.6 Å². The van der Waals surface area contributed by atoms with E-state index in [0.29, 0.717) is 6.42 Å². The summed E-state index contributed by atoms with van der Waals surface area (Å²) in [5, 5.41) is 9.80. The zero-order valence-electron chi connectivity index (χ0n) is 12.9. The van der Waals surface area contributed by atoms with Crippen molar-refractivity contribution in [3.63, 3.8) is 0 Å². The van der Waals surface area contributed by atoms with Gasteiger partial charge in [-0.3, -0.25) is 9.48 Å². The van der Waals surface area contributed by atoms with Crippen LogP contribution >= 0.6 is 0 Å². The maximum Gasteiger partial charge on any atom is 0.224 e. The van der Waals surface area contributed by atoms with Gasteiger partial charge in [0, 0.05) is 30.9 Å². The van der Waals surface area contributed by atoms with Gasteiger partial charge in [0.15, 0.2) is 0 Å². The molecule has 2 heterocycles. The van der Waals surface area contributed by atoms with E-state index in [1.54, 1.807) is 0 Å². The van der Waals surface area contributed by atoms with Crippen LogP contribution in [0.25, 0.3) is 10.8 Å². The fourth-order valence-corrected chi connectivity index (χ4v) is 3.39. The minimum atomic E-state index is 0.0966. The Kier molecular flexibility index (Phi) is 3.58. The molecule has 0 aliphatic carbocycles. The minimum Gasteiger partial charge on any atom is -0.353 e. The first-order valence-corrected chi connectivity index (χ1v) is 8.06. The molecule has 1 atom stereocenters. The fourth-order valence-electron chi connectivity index (χ4n) is 3.39. The summed E-state index contributed by atoms with van der Waals surface area (Å²) in [5.74, 6) is 0.0966. The van der Waals surface area contributed by atoms with Crippen molar-refractivity contribution < 1.29 is 4.79 Å². The minimum absolute atomic E-state index is 0.0966. The third kappa shape index (κ3) is 2.84. The van der Waals surface area contributed by atoms with E-state index in [-0.39, 0.29) is 11.9 Å². The molecule has 23 heavy (non-hydrogen) atoms. The third-order valence-corrected chi connectivity index (χ3v) is 4.55. The van der Waals surface area contributed by atoms with Crippen LogP contribution in [0.3, 0.4) is 0 Å². The number of nitrogens with one attached hydrogen (secondary N) is 1. The van der Waals surface area contributed by atoms with Gasteiger partial charge in [-0.15, -0.1) is 0 Å². The molecule has 4 heteroatoms. The number of fused-ring (bicyclic) bond motifs is 2. The number of nitrogens with zero attached hydrogens (tertiary/aromatic N) is 2. The smallest absolute Gasteiger partial charge is 0.224 e. The molecule has 3 aromatic rings. The molecular formula is C19H19N3O. The largest absolute Gasteiger partial charge is 0.353 e. The molecule has 1 aliphatic heterocycles. The molecule has 0 saturated carbocycles. The van der Waals surface area contributed by atoms with Crippen LogP contribution in [0.2, 0.25) is 0 Å². The number of hydrogen-bond acceptors (Lipinski definition) is 2. The molecular weight excluding hydrogens is 286 g/mol. The number of aryl methyl sites for hydroxylation is 1. The molecule has 1 amide bonds. The van der Waals surface area contributed by atoms with Gasteiger partial charge >= 0.3 is 0 Å². The maximum atomic E-state index is 12.4. The molecule has 1 aliphatic rings. The quantitative estimate of drug-likeness (QED) is 0.809. The van der Waals surface area contributed by atoms with Gasteiger partial charge in [0.1, 0.15) is 0 Å². The molecule has 0 saturated heterocycles. The lowest BCUT2D eigenvalue weighted by Gasteiger charge is -2.24. The molecule has 0 radical (unpaired) electrons. The highest BCUT2D eigenvalue weighted by molar-refractivity contribution is 5.90. The number of rotatable bonds is 3. The highest BCUT2D eigenvalue weighted by atomic mass is 16.1. The summed E-state index contributed by atoms with van der Waals surface area (Å²) in [7, 11) is 0. The van der Waals surface area contributed by atoms with Crippen molar-refractivity contribution in [3.05, 3.63) is 66.0 Å². The molecule has 4 rings (SSSR count). The van der Waals surface area contributed by atoms with Gasteiger partial charge in [-0.1, -0.05) is 42.5 Å². The first-order chi connectivity index (χ1) is 11.3. The summed E-state index contributed by atoms with van der Waals surface area (Å²) in [4.78, 5) is 12.4. The first kappa shape index (κ1) is 14.0. The Balaban J connectivity index is 1.46. The number of carbonyl (C=O) groups excluding carboxylic acids is 1. The number of carbonyl (C=O) groups is 1. The monoisotopic (exact) mass is 305 g/mol. The average molecular weight is 305 g/mol. The summed E-state index contributed by atoms with van der Waals surface area (Å²) in [6.45, 7) is 0.877. The zero-order valence-corrected chi connectivity index (χ0v) is 12.9. The van der Waals surface area contributed by atoms with Gasteiger partial charge < -0.3 is 5.32 Å². The van der Waals surface area contributed by atoms with E-state index in [1.807, 2.05) is 41.2 Å². The summed E-state index contributed by atoms with van der Waals surface area (Å²) in [6.07, 6.45) is 4.06. The van der Waals surface area contributed by atoms with E-state index in [4.69, 9.17) is 0 Å². The van der Waals surface area contributed by atoms with Gasteiger partial charge in [-0.05, 0) is 28.8 Å². The maximum absolute atomic E-state index is 12.4. The topological polar surface area (TPSA) is 46.9 Å². The summed E-state index contributed by atoms with van der Waals surface area (Å²) >= 11 is 0. The Morgan fingerprint density at radius 2 is 2.04 bits per heavy atom. The Morgan fingerprint density at radius 3 is 3.00 bits per heavy atom. The molecule has 1 N–H and O–H groups in total. The fraction of sp³-hybridized carbons (Fsp3) is 0.263. The number of aromatic nitrogens is 2. The standard InChI is InChI=1S/C19H19N3O/c23-19(21-16-9-11-22-17(13-16)8-10-20-22)12-15-6-3-5-14-4-1-2-7-18(14)15/h1-8,10,16H,9,11-13H2,(H,21,23). The van der Waals surface area contributed by atoms with Crippen molar-refractivity contribution in [1.29, 1.82) is 0 Å². The van der Waals surface area contributed by atoms with Crippen LogP contribution in [0, 0.1) is 0 Å². The molecule has 116 valence electrons. The van der Waals surface area contributed by atoms with Crippen molar-refractivity contribution >= 4 is 16.7 Å². The van der Waals surface area contributed by atoms with Crippen molar-refractivity contribution in [2.45, 2.75) is 31.8 Å². The van der Waals surface area contributed by atoms with Crippen LogP contribution in [0.4, 0.5) is 0 Å². The normalized spacial score (nSPS) is 17.0. The number of benzene rings is 2. The van der Waals surface area contributed by atoms with Gasteiger partial charge in [-0.25, -0.2) is 0 Å². The van der Waals surface area contributed by atoms with Crippen molar-refractivity contribution in [1.82, 2.24) is 15.1 Å². The summed E-state index contributed by atoms with van der Waals surface area (Å²) in [6, 6.07) is 16.6. The molecule has 4 nitrogen and oxygen atoms in total. The van der Waals surface area contributed by atoms with Gasteiger partial charge in [0.05, 0.1) is 6.42 Å². The molecule has 2 aromatic carbocycles. The average Bonchev–Trinajstić information content (AvgIpc) is 3.03. The van der Waals surface area contributed by atoms with Crippen LogP contribution < -0.4 is 5.32 Å². The number of amides is 1. The lowest BCUT2D eigenvalue weighted by Crippen LogP contribution is -2.40. The lowest BCUT2D eigenvalue weighted by molar-refractivity contribution is -0.121. The second-order valence-corrected chi connectivity index (χ2v) is 6.12. The third-order valence-electron chi connectivity index (χ3n) is 4.55. The van der Waals surface area contributed by atoms with E-state index >= 15 is 0 Å². The Morgan fingerprint density at radius 1 is 1.17 bits per heavy atom. The van der Waals surface area contributed by atoms with Gasteiger partial charge in [-0.2, -0.15) is 5.10 Å². The van der Waals surface area contributed by atoms with Crippen molar-refractivity contribution in [2.24, 2.45) is 0 Å². The molecule has 0 bridgehead atoms. The van der Waals surface area contributed by atoms with Crippen LogP contribution in [-0.2, 0) is 24.2 Å². The summed E-state index contributed by atoms with van der Waals surface area (Å²) < 4.78 is 2.02. The molecule has 0 fully saturated rings. The van der Waals surface area contributed by atoms with E-state index in [1.165, 1.54) is 11.1 Å². The Bertz CT molecular complexity index is 847. The van der Waals surface area contributed by atoms with Gasteiger partial charge in [0.2, 0.25) is 5.91 Å². The van der Waals surface area contributed by atoms with E-state index in [0.717, 1.165) is 30.3 Å². The molecule has 0 spiro atoms. The number of hydrogen-bond donors (Lipinski definition) is 1. The second-order valence-electron chi connectivity index (χ2n) is 6.12.